The summed E-state index contributed by atoms with van der Waals surface area (Å²) >= 11 is 0. The van der Waals surface area contributed by atoms with Gasteiger partial charge in [-0.3, -0.25) is 0 Å². The number of benzene rings is 2. The summed E-state index contributed by atoms with van der Waals surface area (Å²) in [5.41, 5.74) is 0. The SMILES string of the molecule is CCCCO[Si](OCCOCC)(c1ccccc1)c1ccccc1. The molecule has 0 spiro atoms. The van der Waals surface area contributed by atoms with Crippen LogP contribution < -0.4 is 10.4 Å². The van der Waals surface area contributed by atoms with Gasteiger partial charge in [0, 0.05) is 13.2 Å². The zero-order valence-electron chi connectivity index (χ0n) is 14.7. The lowest BCUT2D eigenvalue weighted by Gasteiger charge is -2.31. The van der Waals surface area contributed by atoms with Crippen molar-refractivity contribution in [1.82, 2.24) is 0 Å². The molecule has 0 aliphatic rings. The number of hydrogen-bond donors (Lipinski definition) is 0. The second kappa shape index (κ2) is 10.4. The molecule has 0 aliphatic carbocycles. The van der Waals surface area contributed by atoms with Gasteiger partial charge in [0.25, 0.3) is 0 Å². The summed E-state index contributed by atoms with van der Waals surface area (Å²) in [4.78, 5) is 0. The number of unbranched alkanes of at least 4 members (excludes halogenated alkanes) is 1. The van der Waals surface area contributed by atoms with Crippen molar-refractivity contribution < 1.29 is 13.6 Å². The standard InChI is InChI=1S/C20H28O3Si/c1-3-5-16-22-24(23-18-17-21-4-2,19-12-8-6-9-13-19)20-14-10-7-11-15-20/h6-15H,3-5,16-18H2,1-2H3. The average Bonchev–Trinajstić information content (AvgIpc) is 2.65. The normalized spacial score (nSPS) is 11.6. The van der Waals surface area contributed by atoms with Crippen molar-refractivity contribution in [2.75, 3.05) is 26.4 Å². The van der Waals surface area contributed by atoms with Crippen molar-refractivity contribution in [3.63, 3.8) is 0 Å². The second-order valence-corrected chi connectivity index (χ2v) is 8.56. The Balaban J connectivity index is 2.34. The molecule has 24 heavy (non-hydrogen) atoms. The first-order valence-corrected chi connectivity index (χ1v) is 10.6. The summed E-state index contributed by atoms with van der Waals surface area (Å²) in [6.07, 6.45) is 2.14. The number of hydrogen-bond acceptors (Lipinski definition) is 3. The molecule has 0 aliphatic heterocycles. The van der Waals surface area contributed by atoms with Gasteiger partial charge in [0.15, 0.2) is 0 Å². The van der Waals surface area contributed by atoms with E-state index in [1.54, 1.807) is 0 Å². The van der Waals surface area contributed by atoms with Gasteiger partial charge in [-0.25, -0.2) is 0 Å². The van der Waals surface area contributed by atoms with Crippen LogP contribution in [0.3, 0.4) is 0 Å². The van der Waals surface area contributed by atoms with Crippen LogP contribution in [-0.2, 0) is 13.6 Å². The van der Waals surface area contributed by atoms with Gasteiger partial charge in [0.1, 0.15) is 0 Å². The Morgan fingerprint density at radius 2 is 1.25 bits per heavy atom. The molecule has 0 aromatic heterocycles. The highest BCUT2D eigenvalue weighted by atomic mass is 28.4. The molecule has 0 fully saturated rings. The minimum atomic E-state index is -2.71. The van der Waals surface area contributed by atoms with Crippen LogP contribution >= 0.6 is 0 Å². The van der Waals surface area contributed by atoms with E-state index in [2.05, 4.69) is 55.5 Å². The molecule has 0 bridgehead atoms. The van der Waals surface area contributed by atoms with E-state index in [-0.39, 0.29) is 0 Å². The lowest BCUT2D eigenvalue weighted by atomic mass is 10.4. The van der Waals surface area contributed by atoms with Crippen molar-refractivity contribution in [3.05, 3.63) is 60.7 Å². The number of rotatable bonds is 11. The summed E-state index contributed by atoms with van der Waals surface area (Å²) < 4.78 is 18.4. The van der Waals surface area contributed by atoms with Gasteiger partial charge in [0.05, 0.1) is 13.2 Å². The monoisotopic (exact) mass is 344 g/mol. The van der Waals surface area contributed by atoms with E-state index in [0.29, 0.717) is 26.4 Å². The van der Waals surface area contributed by atoms with Gasteiger partial charge >= 0.3 is 8.56 Å². The highest BCUT2D eigenvalue weighted by Crippen LogP contribution is 2.11. The van der Waals surface area contributed by atoms with Gasteiger partial charge in [0.2, 0.25) is 0 Å². The maximum atomic E-state index is 6.48. The minimum Gasteiger partial charge on any atom is -0.388 e. The average molecular weight is 345 g/mol. The van der Waals surface area contributed by atoms with E-state index in [9.17, 15) is 0 Å². The molecule has 0 atom stereocenters. The molecule has 0 radical (unpaired) electrons. The second-order valence-electron chi connectivity index (χ2n) is 5.60. The first-order valence-electron chi connectivity index (χ1n) is 8.80. The lowest BCUT2D eigenvalue weighted by Crippen LogP contribution is -2.63. The summed E-state index contributed by atoms with van der Waals surface area (Å²) in [5, 5.41) is 2.28. The molecule has 0 heterocycles. The van der Waals surface area contributed by atoms with Gasteiger partial charge in [-0.1, -0.05) is 74.0 Å². The third-order valence-corrected chi connectivity index (χ3v) is 7.26. The summed E-state index contributed by atoms with van der Waals surface area (Å²) in [5.74, 6) is 0. The Kier molecular flexibility index (Phi) is 8.19. The van der Waals surface area contributed by atoms with Crippen LogP contribution in [0.1, 0.15) is 26.7 Å². The maximum Gasteiger partial charge on any atom is 0.407 e. The first kappa shape index (κ1) is 18.9. The topological polar surface area (TPSA) is 27.7 Å². The molecule has 0 amide bonds. The zero-order chi connectivity index (χ0) is 17.1. The molecule has 0 saturated heterocycles. The van der Waals surface area contributed by atoms with Crippen LogP contribution in [0.4, 0.5) is 0 Å². The third kappa shape index (κ3) is 5.01. The predicted molar refractivity (Wildman–Crippen MR) is 101 cm³/mol. The van der Waals surface area contributed by atoms with Crippen molar-refractivity contribution >= 4 is 18.9 Å². The lowest BCUT2D eigenvalue weighted by molar-refractivity contribution is 0.0920. The van der Waals surface area contributed by atoms with E-state index >= 15 is 0 Å². The van der Waals surface area contributed by atoms with Crippen LogP contribution in [-0.4, -0.2) is 35.0 Å². The molecule has 0 saturated carbocycles. The largest absolute Gasteiger partial charge is 0.407 e. The minimum absolute atomic E-state index is 0.538. The van der Waals surface area contributed by atoms with Crippen LogP contribution in [0.2, 0.25) is 0 Å². The van der Waals surface area contributed by atoms with Gasteiger partial charge in [-0.2, -0.15) is 0 Å². The molecule has 0 N–H and O–H groups in total. The van der Waals surface area contributed by atoms with Crippen LogP contribution in [0.15, 0.2) is 60.7 Å². The quantitative estimate of drug-likeness (QED) is 0.463. The summed E-state index contributed by atoms with van der Waals surface area (Å²) in [6.45, 7) is 6.70. The van der Waals surface area contributed by atoms with Crippen molar-refractivity contribution in [2.45, 2.75) is 26.7 Å². The highest BCUT2D eigenvalue weighted by Gasteiger charge is 2.42. The Labute approximate surface area is 146 Å². The molecule has 3 nitrogen and oxygen atoms in total. The van der Waals surface area contributed by atoms with Gasteiger partial charge in [-0.05, 0) is 23.7 Å². The molecular weight excluding hydrogens is 316 g/mol. The van der Waals surface area contributed by atoms with Gasteiger partial charge in [-0.15, -0.1) is 0 Å². The Morgan fingerprint density at radius 1 is 0.708 bits per heavy atom. The molecule has 130 valence electrons. The fourth-order valence-electron chi connectivity index (χ4n) is 2.61. The fourth-order valence-corrected chi connectivity index (χ4v) is 5.75. The molecule has 2 aromatic carbocycles. The van der Waals surface area contributed by atoms with E-state index in [0.717, 1.165) is 23.2 Å². The molecular formula is C20H28O3Si. The Bertz CT molecular complexity index is 520. The highest BCUT2D eigenvalue weighted by molar-refractivity contribution is 6.92. The van der Waals surface area contributed by atoms with Gasteiger partial charge < -0.3 is 13.6 Å². The predicted octanol–water partition coefficient (Wildman–Crippen LogP) is 3.11. The summed E-state index contributed by atoms with van der Waals surface area (Å²) in [6, 6.07) is 20.7. The van der Waals surface area contributed by atoms with Crippen LogP contribution in [0.5, 0.6) is 0 Å². The Hall–Kier alpha value is -1.46. The number of ether oxygens (including phenoxy) is 1. The van der Waals surface area contributed by atoms with Crippen LogP contribution in [0, 0.1) is 0 Å². The first-order chi connectivity index (χ1) is 11.8. The van der Waals surface area contributed by atoms with Crippen molar-refractivity contribution in [3.8, 4) is 0 Å². The fraction of sp³-hybridized carbons (Fsp3) is 0.400. The van der Waals surface area contributed by atoms with Crippen molar-refractivity contribution in [2.24, 2.45) is 0 Å². The molecule has 4 heteroatoms. The Morgan fingerprint density at radius 3 is 1.75 bits per heavy atom. The summed E-state index contributed by atoms with van der Waals surface area (Å²) in [7, 11) is -2.71. The molecule has 2 rings (SSSR count). The smallest absolute Gasteiger partial charge is 0.388 e. The van der Waals surface area contributed by atoms with E-state index < -0.39 is 8.56 Å². The maximum absolute atomic E-state index is 6.48. The zero-order valence-corrected chi connectivity index (χ0v) is 15.7. The van der Waals surface area contributed by atoms with Crippen molar-refractivity contribution in [1.29, 1.82) is 0 Å². The third-order valence-electron chi connectivity index (χ3n) is 3.85. The molecule has 0 unspecified atom stereocenters. The van der Waals surface area contributed by atoms with Crippen LogP contribution in [0.25, 0.3) is 0 Å². The van der Waals surface area contributed by atoms with E-state index in [1.807, 2.05) is 19.1 Å². The molecule has 2 aromatic rings. The van der Waals surface area contributed by atoms with E-state index in [4.69, 9.17) is 13.6 Å². The van der Waals surface area contributed by atoms with E-state index in [1.165, 1.54) is 0 Å².